The molecule has 0 heterocycles. The van der Waals surface area contributed by atoms with Crippen molar-refractivity contribution in [2.45, 2.75) is 6.92 Å². The molecule has 0 saturated heterocycles. The summed E-state index contributed by atoms with van der Waals surface area (Å²) in [4.78, 5) is 11.3. The molecular weight excluding hydrogens is 278 g/mol. The summed E-state index contributed by atoms with van der Waals surface area (Å²) in [6, 6.07) is 6.16. The van der Waals surface area contributed by atoms with Gasteiger partial charge in [0.15, 0.2) is 0 Å². The van der Waals surface area contributed by atoms with Gasteiger partial charge in [-0.3, -0.25) is 14.5 Å². The minimum absolute atomic E-state index is 0.118. The molecule has 0 saturated carbocycles. The second-order valence-corrected chi connectivity index (χ2v) is 6.07. The van der Waals surface area contributed by atoms with Crippen LogP contribution in [0.3, 0.4) is 0 Å². The lowest BCUT2D eigenvalue weighted by Crippen LogP contribution is -2.43. The minimum atomic E-state index is -3.56. The van der Waals surface area contributed by atoms with Crippen molar-refractivity contribution in [3.05, 3.63) is 29.3 Å². The van der Waals surface area contributed by atoms with Crippen LogP contribution in [-0.4, -0.2) is 26.6 Å². The van der Waals surface area contributed by atoms with E-state index in [-0.39, 0.29) is 12.3 Å². The third-order valence-electron chi connectivity index (χ3n) is 2.26. The number of carbonyl (C=O) groups excluding carboxylic acids is 1. The van der Waals surface area contributed by atoms with Gasteiger partial charge in [0.2, 0.25) is 10.0 Å². The summed E-state index contributed by atoms with van der Waals surface area (Å²) in [5.41, 5.74) is 2.27. The van der Waals surface area contributed by atoms with Gasteiger partial charge in [-0.05, 0) is 31.2 Å². The summed E-state index contributed by atoms with van der Waals surface area (Å²) in [5, 5.41) is 0.482. The first-order chi connectivity index (χ1) is 8.40. The topological polar surface area (TPSA) is 92.5 Å². The lowest BCUT2D eigenvalue weighted by atomic mass is 10.3. The third kappa shape index (κ3) is 3.59. The molecule has 1 aromatic carbocycles. The molecule has 1 amide bonds. The van der Waals surface area contributed by atoms with Gasteiger partial charge in [-0.15, -0.1) is 0 Å². The van der Waals surface area contributed by atoms with Crippen LogP contribution in [0.15, 0.2) is 24.3 Å². The Morgan fingerprint density at radius 2 is 1.94 bits per heavy atom. The number of anilines is 1. The number of nitrogens with one attached hydrogen (secondary N) is 1. The molecular formula is C10H14ClN3O3S. The van der Waals surface area contributed by atoms with E-state index >= 15 is 0 Å². The molecule has 0 atom stereocenters. The number of hydrazine groups is 1. The maximum Gasteiger partial charge on any atom is 0.254 e. The normalized spacial score (nSPS) is 11.1. The van der Waals surface area contributed by atoms with Crippen LogP contribution in [0.1, 0.15) is 6.92 Å². The highest BCUT2D eigenvalue weighted by atomic mass is 35.5. The van der Waals surface area contributed by atoms with Crippen LogP contribution in [0.5, 0.6) is 0 Å². The highest BCUT2D eigenvalue weighted by Crippen LogP contribution is 2.20. The molecule has 8 heteroatoms. The predicted octanol–water partition coefficient (Wildman–Crippen LogP) is 0.486. The van der Waals surface area contributed by atoms with Crippen LogP contribution < -0.4 is 15.6 Å². The average molecular weight is 292 g/mol. The monoisotopic (exact) mass is 291 g/mol. The van der Waals surface area contributed by atoms with Crippen LogP contribution >= 0.6 is 11.6 Å². The molecule has 3 N–H and O–H groups in total. The summed E-state index contributed by atoms with van der Waals surface area (Å²) < 4.78 is 24.8. The van der Waals surface area contributed by atoms with E-state index in [2.05, 4.69) is 0 Å². The van der Waals surface area contributed by atoms with Gasteiger partial charge < -0.3 is 0 Å². The number of rotatable bonds is 5. The van der Waals surface area contributed by atoms with Gasteiger partial charge in [0.1, 0.15) is 6.54 Å². The van der Waals surface area contributed by atoms with Crippen molar-refractivity contribution in [1.82, 2.24) is 5.43 Å². The summed E-state index contributed by atoms with van der Waals surface area (Å²) in [6.07, 6.45) is 0. The van der Waals surface area contributed by atoms with Gasteiger partial charge in [0.05, 0.1) is 11.4 Å². The van der Waals surface area contributed by atoms with Crippen LogP contribution in [0.4, 0.5) is 5.69 Å². The molecule has 0 spiro atoms. The Labute approximate surface area is 111 Å². The number of benzene rings is 1. The molecule has 18 heavy (non-hydrogen) atoms. The number of hydrogen-bond donors (Lipinski definition) is 2. The summed E-state index contributed by atoms with van der Waals surface area (Å²) in [5.74, 6) is 4.25. The van der Waals surface area contributed by atoms with Crippen molar-refractivity contribution in [3.8, 4) is 0 Å². The molecule has 0 aliphatic carbocycles. The van der Waals surface area contributed by atoms with Crippen molar-refractivity contribution in [2.75, 3.05) is 16.6 Å². The Bertz CT molecular complexity index is 516. The number of carbonyl (C=O) groups is 1. The van der Waals surface area contributed by atoms with Crippen molar-refractivity contribution in [3.63, 3.8) is 0 Å². The molecule has 1 aromatic rings. The predicted molar refractivity (Wildman–Crippen MR) is 70.6 cm³/mol. The number of nitrogens with zero attached hydrogens (tertiary/aromatic N) is 1. The number of nitrogens with two attached hydrogens (primary N) is 1. The number of sulfonamides is 1. The molecule has 0 fully saturated rings. The zero-order chi connectivity index (χ0) is 13.8. The Balaban J connectivity index is 3.12. The fraction of sp³-hybridized carbons (Fsp3) is 0.300. The highest BCUT2D eigenvalue weighted by Gasteiger charge is 2.22. The molecule has 0 aliphatic heterocycles. The molecule has 0 radical (unpaired) electrons. The van der Waals surface area contributed by atoms with E-state index in [9.17, 15) is 13.2 Å². The lowest BCUT2D eigenvalue weighted by Gasteiger charge is -2.22. The zero-order valence-electron chi connectivity index (χ0n) is 9.76. The largest absolute Gasteiger partial charge is 0.293 e. The standard InChI is InChI=1S/C10H14ClN3O3S/c1-2-18(16,17)14(7-10(15)13-12)9-5-3-8(11)4-6-9/h3-6H,2,7,12H2,1H3,(H,13,15). The number of halogens is 1. The Morgan fingerprint density at radius 1 is 1.39 bits per heavy atom. The molecule has 0 aromatic heterocycles. The maximum absolute atomic E-state index is 11.9. The Kier molecular flexibility index (Phi) is 4.94. The van der Waals surface area contributed by atoms with E-state index in [1.54, 1.807) is 12.1 Å². The minimum Gasteiger partial charge on any atom is -0.293 e. The highest BCUT2D eigenvalue weighted by molar-refractivity contribution is 7.92. The van der Waals surface area contributed by atoms with Gasteiger partial charge in [-0.1, -0.05) is 11.6 Å². The Hall–Kier alpha value is -1.31. The summed E-state index contributed by atoms with van der Waals surface area (Å²) in [7, 11) is -3.56. The van der Waals surface area contributed by atoms with Crippen LogP contribution in [0.25, 0.3) is 0 Å². The molecule has 0 bridgehead atoms. The first-order valence-corrected chi connectivity index (χ1v) is 7.15. The van der Waals surface area contributed by atoms with Gasteiger partial charge in [0.25, 0.3) is 5.91 Å². The van der Waals surface area contributed by atoms with E-state index in [1.165, 1.54) is 19.1 Å². The van der Waals surface area contributed by atoms with Crippen molar-refractivity contribution in [1.29, 1.82) is 0 Å². The first kappa shape index (κ1) is 14.7. The maximum atomic E-state index is 11.9. The van der Waals surface area contributed by atoms with Crippen LogP contribution in [0.2, 0.25) is 5.02 Å². The smallest absolute Gasteiger partial charge is 0.254 e. The van der Waals surface area contributed by atoms with Gasteiger partial charge >= 0.3 is 0 Å². The lowest BCUT2D eigenvalue weighted by molar-refractivity contribution is -0.119. The Morgan fingerprint density at radius 3 is 2.39 bits per heavy atom. The molecule has 6 nitrogen and oxygen atoms in total. The SMILES string of the molecule is CCS(=O)(=O)N(CC(=O)NN)c1ccc(Cl)cc1. The third-order valence-corrected chi connectivity index (χ3v) is 4.26. The fourth-order valence-corrected chi connectivity index (χ4v) is 2.48. The van der Waals surface area contributed by atoms with Crippen molar-refractivity contribution >= 4 is 33.2 Å². The second kappa shape index (κ2) is 6.03. The molecule has 0 aliphatic rings. The van der Waals surface area contributed by atoms with Gasteiger partial charge in [0, 0.05) is 5.02 Å². The van der Waals surface area contributed by atoms with E-state index < -0.39 is 15.9 Å². The van der Waals surface area contributed by atoms with Crippen LogP contribution in [0, 0.1) is 0 Å². The van der Waals surface area contributed by atoms with E-state index in [4.69, 9.17) is 17.4 Å². The first-order valence-electron chi connectivity index (χ1n) is 5.16. The number of hydrogen-bond acceptors (Lipinski definition) is 4. The van der Waals surface area contributed by atoms with Crippen molar-refractivity contribution < 1.29 is 13.2 Å². The van der Waals surface area contributed by atoms with E-state index in [1.807, 2.05) is 5.43 Å². The average Bonchev–Trinajstić information content (AvgIpc) is 2.36. The quantitative estimate of drug-likeness (QED) is 0.469. The molecule has 1 rings (SSSR count). The zero-order valence-corrected chi connectivity index (χ0v) is 11.3. The molecule has 0 unspecified atom stereocenters. The number of amides is 1. The summed E-state index contributed by atoms with van der Waals surface area (Å²) >= 11 is 5.73. The van der Waals surface area contributed by atoms with Crippen molar-refractivity contribution in [2.24, 2.45) is 5.84 Å². The molecule has 100 valence electrons. The van der Waals surface area contributed by atoms with Gasteiger partial charge in [-0.2, -0.15) is 0 Å². The second-order valence-electron chi connectivity index (χ2n) is 3.45. The van der Waals surface area contributed by atoms with Gasteiger partial charge in [-0.25, -0.2) is 14.3 Å². The fourth-order valence-electron chi connectivity index (χ4n) is 1.29. The summed E-state index contributed by atoms with van der Waals surface area (Å²) in [6.45, 7) is 1.13. The van der Waals surface area contributed by atoms with E-state index in [0.29, 0.717) is 10.7 Å². The van der Waals surface area contributed by atoms with Crippen LogP contribution in [-0.2, 0) is 14.8 Å². The van der Waals surface area contributed by atoms with E-state index in [0.717, 1.165) is 4.31 Å².